The normalized spacial score (nSPS) is 12.2. The second kappa shape index (κ2) is 5.80. The third kappa shape index (κ3) is 3.77. The van der Waals surface area contributed by atoms with Gasteiger partial charge in [-0.15, -0.1) is 0 Å². The lowest BCUT2D eigenvalue weighted by Crippen LogP contribution is -2.21. The van der Waals surface area contributed by atoms with Gasteiger partial charge in [-0.1, -0.05) is 31.9 Å². The number of amides is 1. The second-order valence-electron chi connectivity index (χ2n) is 3.83. The molecule has 4 nitrogen and oxygen atoms in total. The molecule has 1 aromatic heterocycles. The maximum Gasteiger partial charge on any atom is 0.231 e. The summed E-state index contributed by atoms with van der Waals surface area (Å²) < 4.78 is 0. The summed E-state index contributed by atoms with van der Waals surface area (Å²) in [5, 5.41) is 3.00. The van der Waals surface area contributed by atoms with Crippen molar-refractivity contribution >= 4 is 23.5 Å². The van der Waals surface area contributed by atoms with Gasteiger partial charge >= 0.3 is 0 Å². The van der Waals surface area contributed by atoms with Crippen molar-refractivity contribution in [3.8, 4) is 0 Å². The smallest absolute Gasteiger partial charge is 0.231 e. The monoisotopic (exact) mass is 241 g/mol. The molecule has 1 amide bonds. The third-order valence-electron chi connectivity index (χ3n) is 2.23. The maximum atomic E-state index is 11.7. The highest BCUT2D eigenvalue weighted by atomic mass is 35.5. The zero-order valence-corrected chi connectivity index (χ0v) is 10.5. The van der Waals surface area contributed by atoms with Crippen molar-refractivity contribution < 1.29 is 4.79 Å². The molecule has 1 unspecified atom stereocenters. The van der Waals surface area contributed by atoms with E-state index in [9.17, 15) is 4.79 Å². The van der Waals surface area contributed by atoms with Crippen LogP contribution in [-0.4, -0.2) is 15.9 Å². The van der Waals surface area contributed by atoms with Crippen LogP contribution in [-0.2, 0) is 4.79 Å². The van der Waals surface area contributed by atoms with Crippen molar-refractivity contribution in [3.63, 3.8) is 0 Å². The van der Waals surface area contributed by atoms with Crippen LogP contribution in [0.1, 0.15) is 32.4 Å². The van der Waals surface area contributed by atoms with Crippen LogP contribution in [0.5, 0.6) is 0 Å². The van der Waals surface area contributed by atoms with Crippen LogP contribution in [0.4, 0.5) is 5.95 Å². The Bertz CT molecular complexity index is 361. The summed E-state index contributed by atoms with van der Waals surface area (Å²) in [6, 6.07) is 1.65. The number of aryl methyl sites for hydroxylation is 1. The first-order valence-electron chi connectivity index (χ1n) is 5.35. The van der Waals surface area contributed by atoms with Crippen molar-refractivity contribution in [1.82, 2.24) is 9.97 Å². The quantitative estimate of drug-likeness (QED) is 0.825. The van der Waals surface area contributed by atoms with Gasteiger partial charge in [0, 0.05) is 11.6 Å². The average molecular weight is 242 g/mol. The van der Waals surface area contributed by atoms with Crippen molar-refractivity contribution in [3.05, 3.63) is 16.9 Å². The molecule has 0 aliphatic carbocycles. The van der Waals surface area contributed by atoms with E-state index < -0.39 is 0 Å². The Kier molecular flexibility index (Phi) is 4.68. The Hall–Kier alpha value is -1.16. The Balaban J connectivity index is 2.69. The number of anilines is 1. The number of hydrogen-bond acceptors (Lipinski definition) is 3. The molecular weight excluding hydrogens is 226 g/mol. The van der Waals surface area contributed by atoms with E-state index in [1.54, 1.807) is 13.0 Å². The summed E-state index contributed by atoms with van der Waals surface area (Å²) in [6.07, 6.45) is 1.83. The first-order valence-corrected chi connectivity index (χ1v) is 5.72. The molecule has 0 spiro atoms. The van der Waals surface area contributed by atoms with Gasteiger partial charge in [-0.2, -0.15) is 0 Å². The number of hydrogen-bond donors (Lipinski definition) is 1. The zero-order valence-electron chi connectivity index (χ0n) is 9.75. The summed E-state index contributed by atoms with van der Waals surface area (Å²) in [6.45, 7) is 5.73. The molecule has 1 atom stereocenters. The minimum absolute atomic E-state index is 0.0344. The number of nitrogens with zero attached hydrogens (tertiary/aromatic N) is 2. The molecule has 1 rings (SSSR count). The summed E-state index contributed by atoms with van der Waals surface area (Å²) in [5.74, 6) is 0.175. The SMILES string of the molecule is CCCC(C)C(=O)Nc1nc(C)cc(Cl)n1. The third-order valence-corrected chi connectivity index (χ3v) is 2.42. The Morgan fingerprint density at radius 2 is 2.25 bits per heavy atom. The van der Waals surface area contributed by atoms with E-state index in [0.29, 0.717) is 5.15 Å². The molecule has 0 radical (unpaired) electrons. The molecule has 1 aromatic rings. The topological polar surface area (TPSA) is 54.9 Å². The molecule has 1 heterocycles. The zero-order chi connectivity index (χ0) is 12.1. The van der Waals surface area contributed by atoms with Crippen LogP contribution in [0.2, 0.25) is 5.15 Å². The fourth-order valence-electron chi connectivity index (χ4n) is 1.38. The summed E-state index contributed by atoms with van der Waals surface area (Å²) in [7, 11) is 0. The number of aromatic nitrogens is 2. The molecule has 0 aromatic carbocycles. The van der Waals surface area contributed by atoms with Crippen LogP contribution in [0, 0.1) is 12.8 Å². The van der Waals surface area contributed by atoms with Crippen LogP contribution >= 0.6 is 11.6 Å². The van der Waals surface area contributed by atoms with E-state index in [2.05, 4.69) is 15.3 Å². The van der Waals surface area contributed by atoms with Crippen molar-refractivity contribution in [1.29, 1.82) is 0 Å². The summed E-state index contributed by atoms with van der Waals surface area (Å²) >= 11 is 5.77. The lowest BCUT2D eigenvalue weighted by atomic mass is 10.1. The van der Waals surface area contributed by atoms with Crippen molar-refractivity contribution in [2.45, 2.75) is 33.6 Å². The minimum atomic E-state index is -0.0662. The first-order chi connectivity index (χ1) is 7.52. The number of carbonyl (C=O) groups excluding carboxylic acids is 1. The van der Waals surface area contributed by atoms with Crippen molar-refractivity contribution in [2.75, 3.05) is 5.32 Å². The molecule has 88 valence electrons. The number of rotatable bonds is 4. The standard InChI is InChI=1S/C11H16ClN3O/c1-4-5-7(2)10(16)15-11-13-8(3)6-9(12)14-11/h6-7H,4-5H2,1-3H3,(H,13,14,15,16). The molecule has 1 N–H and O–H groups in total. The molecule has 0 aliphatic heterocycles. The molecule has 0 saturated heterocycles. The van der Waals surface area contributed by atoms with E-state index in [4.69, 9.17) is 11.6 Å². The molecule has 0 bridgehead atoms. The van der Waals surface area contributed by atoms with E-state index >= 15 is 0 Å². The van der Waals surface area contributed by atoms with Gasteiger partial charge in [-0.25, -0.2) is 9.97 Å². The van der Waals surface area contributed by atoms with Gasteiger partial charge in [0.05, 0.1) is 0 Å². The molecule has 16 heavy (non-hydrogen) atoms. The van der Waals surface area contributed by atoms with Gasteiger partial charge in [0.1, 0.15) is 5.15 Å². The van der Waals surface area contributed by atoms with E-state index in [-0.39, 0.29) is 17.8 Å². The van der Waals surface area contributed by atoms with Crippen LogP contribution < -0.4 is 5.32 Å². The van der Waals surface area contributed by atoms with Gasteiger partial charge in [0.15, 0.2) is 0 Å². The molecule has 0 saturated carbocycles. The van der Waals surface area contributed by atoms with Gasteiger partial charge in [-0.3, -0.25) is 10.1 Å². The Morgan fingerprint density at radius 1 is 1.56 bits per heavy atom. The molecule has 0 aliphatic rings. The predicted molar refractivity (Wildman–Crippen MR) is 64.5 cm³/mol. The van der Waals surface area contributed by atoms with Crippen molar-refractivity contribution in [2.24, 2.45) is 5.92 Å². The Morgan fingerprint density at radius 3 is 2.81 bits per heavy atom. The summed E-state index contributed by atoms with van der Waals surface area (Å²) in [5.41, 5.74) is 0.735. The lowest BCUT2D eigenvalue weighted by Gasteiger charge is -2.10. The highest BCUT2D eigenvalue weighted by molar-refractivity contribution is 6.29. The second-order valence-corrected chi connectivity index (χ2v) is 4.22. The maximum absolute atomic E-state index is 11.7. The van der Waals surface area contributed by atoms with E-state index in [0.717, 1.165) is 18.5 Å². The number of halogens is 1. The largest absolute Gasteiger partial charge is 0.294 e. The van der Waals surface area contributed by atoms with Crippen LogP contribution in [0.25, 0.3) is 0 Å². The van der Waals surface area contributed by atoms with Crippen LogP contribution in [0.3, 0.4) is 0 Å². The highest BCUT2D eigenvalue weighted by Crippen LogP contribution is 2.12. The fraction of sp³-hybridized carbons (Fsp3) is 0.545. The molecular formula is C11H16ClN3O. The highest BCUT2D eigenvalue weighted by Gasteiger charge is 2.13. The van der Waals surface area contributed by atoms with Gasteiger partial charge in [0.2, 0.25) is 11.9 Å². The van der Waals surface area contributed by atoms with Gasteiger partial charge in [0.25, 0.3) is 0 Å². The van der Waals surface area contributed by atoms with E-state index in [1.807, 2.05) is 13.8 Å². The van der Waals surface area contributed by atoms with Crippen LogP contribution in [0.15, 0.2) is 6.07 Å². The summed E-state index contributed by atoms with van der Waals surface area (Å²) in [4.78, 5) is 19.7. The van der Waals surface area contributed by atoms with Gasteiger partial charge in [-0.05, 0) is 19.4 Å². The minimum Gasteiger partial charge on any atom is -0.294 e. The lowest BCUT2D eigenvalue weighted by molar-refractivity contribution is -0.119. The van der Waals surface area contributed by atoms with Gasteiger partial charge < -0.3 is 0 Å². The fourth-order valence-corrected chi connectivity index (χ4v) is 1.62. The number of nitrogens with one attached hydrogen (secondary N) is 1. The first kappa shape index (κ1) is 12.9. The Labute approximate surface area is 100 Å². The van der Waals surface area contributed by atoms with E-state index in [1.165, 1.54) is 0 Å². The molecule has 0 fully saturated rings. The average Bonchev–Trinajstić information content (AvgIpc) is 2.16. The molecule has 5 heteroatoms. The number of carbonyl (C=O) groups is 1. The predicted octanol–water partition coefficient (Wildman–Crippen LogP) is 2.81.